The summed E-state index contributed by atoms with van der Waals surface area (Å²) >= 11 is 0. The topological polar surface area (TPSA) is 26.3 Å². The maximum Gasteiger partial charge on any atom is 0.135 e. The fraction of sp³-hybridized carbons (Fsp3) is 0.909. The van der Waals surface area contributed by atoms with Gasteiger partial charge in [0.25, 0.3) is 0 Å². The van der Waals surface area contributed by atoms with Crippen molar-refractivity contribution in [2.45, 2.75) is 51.6 Å². The van der Waals surface area contributed by atoms with Crippen molar-refractivity contribution in [1.29, 1.82) is 0 Å². The van der Waals surface area contributed by atoms with E-state index in [0.717, 1.165) is 32.1 Å². The summed E-state index contributed by atoms with van der Waals surface area (Å²) in [7, 11) is 1.72. The van der Waals surface area contributed by atoms with Crippen molar-refractivity contribution < 1.29 is 9.53 Å². The first-order valence-corrected chi connectivity index (χ1v) is 5.13. The Labute approximate surface area is 80.7 Å². The summed E-state index contributed by atoms with van der Waals surface area (Å²) in [6, 6.07) is 0. The fourth-order valence-corrected chi connectivity index (χ4v) is 1.40. The number of hydrogen-bond acceptors (Lipinski definition) is 2. The molecule has 0 aromatic rings. The molecule has 0 heterocycles. The normalized spacial score (nSPS) is 17.5. The highest BCUT2D eigenvalue weighted by Gasteiger charge is 2.29. The molecule has 0 unspecified atom stereocenters. The van der Waals surface area contributed by atoms with E-state index in [4.69, 9.17) is 4.74 Å². The van der Waals surface area contributed by atoms with Crippen LogP contribution in [0.25, 0.3) is 0 Å². The first-order valence-electron chi connectivity index (χ1n) is 5.13. The number of carbonyl (C=O) groups excluding carboxylic acids is 1. The molecule has 1 aliphatic rings. The van der Waals surface area contributed by atoms with Gasteiger partial charge in [-0.25, -0.2) is 0 Å². The monoisotopic (exact) mass is 184 g/mol. The number of hydrogen-bond donors (Lipinski definition) is 0. The predicted octanol–water partition coefficient (Wildman–Crippen LogP) is 2.56. The molecule has 0 atom stereocenters. The molecule has 0 N–H and O–H groups in total. The van der Waals surface area contributed by atoms with Gasteiger partial charge in [-0.15, -0.1) is 0 Å². The van der Waals surface area contributed by atoms with Gasteiger partial charge in [0.2, 0.25) is 0 Å². The molecular formula is C11H20O2. The summed E-state index contributed by atoms with van der Waals surface area (Å²) in [5.74, 6) is 0.887. The van der Waals surface area contributed by atoms with Crippen LogP contribution in [0.2, 0.25) is 0 Å². The second kappa shape index (κ2) is 4.23. The smallest absolute Gasteiger partial charge is 0.135 e. The molecule has 1 fully saturated rings. The van der Waals surface area contributed by atoms with E-state index >= 15 is 0 Å². The molecule has 1 saturated carbocycles. The molecule has 2 heteroatoms. The number of carbonyl (C=O) groups is 1. The van der Waals surface area contributed by atoms with Gasteiger partial charge >= 0.3 is 0 Å². The lowest BCUT2D eigenvalue weighted by atomic mass is 9.99. The van der Waals surface area contributed by atoms with Crippen LogP contribution < -0.4 is 0 Å². The van der Waals surface area contributed by atoms with E-state index in [1.807, 2.05) is 0 Å². The van der Waals surface area contributed by atoms with Crippen LogP contribution in [0.3, 0.4) is 0 Å². The standard InChI is InChI=1S/C11H20O2/c1-11(2,13-3)8-4-5-10(12)9-6-7-9/h9H,4-8H2,1-3H3. The average molecular weight is 184 g/mol. The van der Waals surface area contributed by atoms with Crippen molar-refractivity contribution in [3.8, 4) is 0 Å². The van der Waals surface area contributed by atoms with Gasteiger partial charge in [-0.05, 0) is 39.5 Å². The van der Waals surface area contributed by atoms with Crippen LogP contribution in [0.1, 0.15) is 46.0 Å². The van der Waals surface area contributed by atoms with Crippen molar-refractivity contribution >= 4 is 5.78 Å². The predicted molar refractivity (Wildman–Crippen MR) is 52.7 cm³/mol. The van der Waals surface area contributed by atoms with E-state index < -0.39 is 0 Å². The van der Waals surface area contributed by atoms with Crippen molar-refractivity contribution in [2.75, 3.05) is 7.11 Å². The summed E-state index contributed by atoms with van der Waals surface area (Å²) in [5, 5.41) is 0. The van der Waals surface area contributed by atoms with E-state index in [-0.39, 0.29) is 5.60 Å². The summed E-state index contributed by atoms with van der Waals surface area (Å²) in [5.41, 5.74) is -0.0656. The molecule has 0 aromatic heterocycles. The number of rotatable bonds is 6. The van der Waals surface area contributed by atoms with Crippen LogP contribution in [0, 0.1) is 5.92 Å². The molecule has 0 bridgehead atoms. The molecule has 0 radical (unpaired) electrons. The molecule has 13 heavy (non-hydrogen) atoms. The Morgan fingerprint density at radius 2 is 2.08 bits per heavy atom. The molecule has 0 aromatic carbocycles. The Hall–Kier alpha value is -0.370. The largest absolute Gasteiger partial charge is 0.379 e. The van der Waals surface area contributed by atoms with E-state index in [1.54, 1.807) is 7.11 Å². The van der Waals surface area contributed by atoms with E-state index in [2.05, 4.69) is 13.8 Å². The SMILES string of the molecule is COC(C)(C)CCCC(=O)C1CC1. The molecule has 0 amide bonds. The highest BCUT2D eigenvalue weighted by atomic mass is 16.5. The van der Waals surface area contributed by atoms with Crippen LogP contribution >= 0.6 is 0 Å². The van der Waals surface area contributed by atoms with Gasteiger partial charge < -0.3 is 4.74 Å². The third-order valence-corrected chi connectivity index (χ3v) is 2.79. The average Bonchev–Trinajstić information content (AvgIpc) is 2.86. The van der Waals surface area contributed by atoms with E-state index in [9.17, 15) is 4.79 Å². The third-order valence-electron chi connectivity index (χ3n) is 2.79. The zero-order chi connectivity index (χ0) is 9.90. The highest BCUT2D eigenvalue weighted by Crippen LogP contribution is 2.31. The molecule has 1 rings (SSSR count). The Kier molecular flexibility index (Phi) is 3.48. The van der Waals surface area contributed by atoms with Crippen LogP contribution in [0.5, 0.6) is 0 Å². The Morgan fingerprint density at radius 1 is 1.46 bits per heavy atom. The summed E-state index contributed by atoms with van der Waals surface area (Å²) in [6.45, 7) is 4.13. The first kappa shape index (κ1) is 10.7. The second-order valence-electron chi connectivity index (χ2n) is 4.56. The lowest BCUT2D eigenvalue weighted by Gasteiger charge is -2.22. The maximum atomic E-state index is 11.3. The van der Waals surface area contributed by atoms with E-state index in [0.29, 0.717) is 11.7 Å². The lowest BCUT2D eigenvalue weighted by Crippen LogP contribution is -2.22. The van der Waals surface area contributed by atoms with Gasteiger partial charge in [0.1, 0.15) is 5.78 Å². The van der Waals surface area contributed by atoms with Gasteiger partial charge in [0.05, 0.1) is 5.60 Å². The van der Waals surface area contributed by atoms with Crippen molar-refractivity contribution in [1.82, 2.24) is 0 Å². The van der Waals surface area contributed by atoms with Gasteiger partial charge in [0, 0.05) is 19.4 Å². The minimum absolute atomic E-state index is 0.0656. The van der Waals surface area contributed by atoms with Crippen LogP contribution in [0.4, 0.5) is 0 Å². The first-order chi connectivity index (χ1) is 6.05. The molecule has 0 saturated heterocycles. The molecule has 0 spiro atoms. The fourth-order valence-electron chi connectivity index (χ4n) is 1.40. The zero-order valence-electron chi connectivity index (χ0n) is 8.93. The quantitative estimate of drug-likeness (QED) is 0.634. The maximum absolute atomic E-state index is 11.3. The summed E-state index contributed by atoms with van der Waals surface area (Å²) in [6.07, 6.45) is 4.95. The number of Topliss-reactive ketones (excluding diaryl/α,β-unsaturated/α-hetero) is 1. The third kappa shape index (κ3) is 3.90. The Morgan fingerprint density at radius 3 is 2.54 bits per heavy atom. The van der Waals surface area contributed by atoms with Gasteiger partial charge in [-0.3, -0.25) is 4.79 Å². The van der Waals surface area contributed by atoms with Crippen molar-refractivity contribution in [2.24, 2.45) is 5.92 Å². The molecular weight excluding hydrogens is 164 g/mol. The minimum Gasteiger partial charge on any atom is -0.379 e. The minimum atomic E-state index is -0.0656. The molecule has 2 nitrogen and oxygen atoms in total. The Bertz CT molecular complexity index is 181. The van der Waals surface area contributed by atoms with Crippen LogP contribution in [-0.4, -0.2) is 18.5 Å². The van der Waals surface area contributed by atoms with Crippen LogP contribution in [0.15, 0.2) is 0 Å². The highest BCUT2D eigenvalue weighted by molar-refractivity contribution is 5.83. The summed E-state index contributed by atoms with van der Waals surface area (Å²) < 4.78 is 5.28. The van der Waals surface area contributed by atoms with Gasteiger partial charge in [-0.2, -0.15) is 0 Å². The Balaban J connectivity index is 2.09. The zero-order valence-corrected chi connectivity index (χ0v) is 8.93. The van der Waals surface area contributed by atoms with E-state index in [1.165, 1.54) is 0 Å². The lowest BCUT2D eigenvalue weighted by molar-refractivity contribution is -0.120. The van der Waals surface area contributed by atoms with Crippen molar-refractivity contribution in [3.05, 3.63) is 0 Å². The van der Waals surface area contributed by atoms with Gasteiger partial charge in [0.15, 0.2) is 0 Å². The second-order valence-corrected chi connectivity index (χ2v) is 4.56. The molecule has 76 valence electrons. The summed E-state index contributed by atoms with van der Waals surface area (Å²) in [4.78, 5) is 11.3. The number of ketones is 1. The molecule has 0 aliphatic heterocycles. The van der Waals surface area contributed by atoms with Crippen molar-refractivity contribution in [3.63, 3.8) is 0 Å². The molecule has 1 aliphatic carbocycles. The van der Waals surface area contributed by atoms with Gasteiger partial charge in [-0.1, -0.05) is 0 Å². The number of ether oxygens (including phenoxy) is 1. The van der Waals surface area contributed by atoms with Crippen LogP contribution in [-0.2, 0) is 9.53 Å². The number of methoxy groups -OCH3 is 1.